The summed E-state index contributed by atoms with van der Waals surface area (Å²) >= 11 is 0. The number of anilines is 1. The van der Waals surface area contributed by atoms with Gasteiger partial charge in [0.2, 0.25) is 5.88 Å². The van der Waals surface area contributed by atoms with E-state index in [0.29, 0.717) is 17.3 Å². The van der Waals surface area contributed by atoms with Crippen LogP contribution in [0, 0.1) is 6.92 Å². The molecular weight excluding hydrogens is 290 g/mol. The molecule has 3 rings (SSSR count). The van der Waals surface area contributed by atoms with E-state index < -0.39 is 0 Å². The van der Waals surface area contributed by atoms with Crippen molar-refractivity contribution >= 4 is 12.0 Å². The van der Waals surface area contributed by atoms with Crippen molar-refractivity contribution < 1.29 is 9.53 Å². The first-order chi connectivity index (χ1) is 11.1. The molecule has 5 nitrogen and oxygen atoms in total. The molecule has 3 N–H and O–H groups in total. The molecule has 0 radical (unpaired) electrons. The third kappa shape index (κ3) is 2.68. The van der Waals surface area contributed by atoms with Crippen LogP contribution in [-0.2, 0) is 0 Å². The Hall–Kier alpha value is -3.08. The number of H-pyrrole nitrogens is 1. The maximum absolute atomic E-state index is 11.3. The minimum atomic E-state index is 0.527. The Balaban J connectivity index is 2.12. The number of nitrogens with two attached hydrogens (primary N) is 1. The van der Waals surface area contributed by atoms with Gasteiger partial charge in [0.15, 0.2) is 6.29 Å². The van der Waals surface area contributed by atoms with Crippen LogP contribution in [0.3, 0.4) is 0 Å². The Bertz CT molecular complexity index is 851. The number of rotatable bonds is 4. The number of aryl methyl sites for hydroxylation is 1. The molecule has 0 saturated heterocycles. The van der Waals surface area contributed by atoms with Crippen molar-refractivity contribution in [2.45, 2.75) is 6.92 Å². The summed E-state index contributed by atoms with van der Waals surface area (Å²) in [6, 6.07) is 9.50. The van der Waals surface area contributed by atoms with Crippen molar-refractivity contribution in [3.8, 4) is 28.1 Å². The fourth-order valence-corrected chi connectivity index (χ4v) is 2.62. The maximum Gasteiger partial charge on any atom is 0.212 e. The number of methoxy groups -OCH3 is 1. The molecule has 23 heavy (non-hydrogen) atoms. The molecule has 2 aromatic heterocycles. The zero-order valence-electron chi connectivity index (χ0n) is 13.0. The zero-order valence-corrected chi connectivity index (χ0v) is 13.0. The van der Waals surface area contributed by atoms with Gasteiger partial charge in [0.1, 0.15) is 0 Å². The number of aromatic nitrogens is 2. The summed E-state index contributed by atoms with van der Waals surface area (Å²) in [5.41, 5.74) is 11.9. The normalized spacial score (nSPS) is 10.5. The van der Waals surface area contributed by atoms with Crippen molar-refractivity contribution in [2.75, 3.05) is 12.8 Å². The van der Waals surface area contributed by atoms with Crippen LogP contribution < -0.4 is 10.5 Å². The fourth-order valence-electron chi connectivity index (χ4n) is 2.62. The Morgan fingerprint density at radius 3 is 2.65 bits per heavy atom. The van der Waals surface area contributed by atoms with Gasteiger partial charge in [-0.05, 0) is 36.2 Å². The van der Waals surface area contributed by atoms with Crippen molar-refractivity contribution in [1.82, 2.24) is 9.97 Å². The molecule has 0 fully saturated rings. The Morgan fingerprint density at radius 1 is 1.22 bits per heavy atom. The molecule has 116 valence electrons. The number of carbonyl (C=O) groups excluding carboxylic acids is 1. The van der Waals surface area contributed by atoms with Crippen molar-refractivity contribution in [3.63, 3.8) is 0 Å². The van der Waals surface area contributed by atoms with Gasteiger partial charge in [0.05, 0.1) is 12.8 Å². The minimum Gasteiger partial charge on any atom is -0.481 e. The molecule has 0 amide bonds. The highest BCUT2D eigenvalue weighted by Gasteiger charge is 2.14. The lowest BCUT2D eigenvalue weighted by atomic mass is 9.96. The number of hydrogen-bond acceptors (Lipinski definition) is 4. The van der Waals surface area contributed by atoms with Crippen molar-refractivity contribution in [2.24, 2.45) is 0 Å². The molecule has 0 aliphatic carbocycles. The molecule has 0 unspecified atom stereocenters. The number of aromatic amines is 1. The molecule has 1 aromatic carbocycles. The fraction of sp³-hybridized carbons (Fsp3) is 0.111. The Morgan fingerprint density at radius 2 is 2.00 bits per heavy atom. The lowest BCUT2D eigenvalue weighted by Crippen LogP contribution is -1.94. The molecule has 2 heterocycles. The summed E-state index contributed by atoms with van der Waals surface area (Å²) in [4.78, 5) is 18.4. The van der Waals surface area contributed by atoms with E-state index in [2.05, 4.69) is 9.97 Å². The molecular formula is C18H17N3O2. The second kappa shape index (κ2) is 5.96. The van der Waals surface area contributed by atoms with Crippen LogP contribution in [-0.4, -0.2) is 23.4 Å². The van der Waals surface area contributed by atoms with Gasteiger partial charge in [0.25, 0.3) is 0 Å². The van der Waals surface area contributed by atoms with Crippen LogP contribution in [0.5, 0.6) is 5.88 Å². The van der Waals surface area contributed by atoms with Crippen molar-refractivity contribution in [1.29, 1.82) is 0 Å². The smallest absolute Gasteiger partial charge is 0.212 e. The lowest BCUT2D eigenvalue weighted by molar-refractivity contribution is 0.112. The van der Waals surface area contributed by atoms with E-state index in [9.17, 15) is 4.79 Å². The number of benzene rings is 1. The molecule has 0 bridgehead atoms. The summed E-state index contributed by atoms with van der Waals surface area (Å²) in [6.07, 6.45) is 4.36. The maximum atomic E-state index is 11.3. The summed E-state index contributed by atoms with van der Waals surface area (Å²) in [5.74, 6) is 0.564. The van der Waals surface area contributed by atoms with Crippen LogP contribution in [0.15, 0.2) is 42.7 Å². The van der Waals surface area contributed by atoms with Gasteiger partial charge in [-0.25, -0.2) is 4.98 Å². The monoisotopic (exact) mass is 307 g/mol. The summed E-state index contributed by atoms with van der Waals surface area (Å²) in [5, 5.41) is 0. The molecule has 0 saturated carbocycles. The highest BCUT2D eigenvalue weighted by atomic mass is 16.5. The first-order valence-electron chi connectivity index (χ1n) is 7.17. The average Bonchev–Trinajstić information content (AvgIpc) is 2.96. The highest BCUT2D eigenvalue weighted by Crippen LogP contribution is 2.34. The number of hydrogen-bond donors (Lipinski definition) is 2. The number of ether oxygens (including phenoxy) is 1. The van der Waals surface area contributed by atoms with Gasteiger partial charge in [0, 0.05) is 40.8 Å². The molecule has 0 aliphatic heterocycles. The Kier molecular flexibility index (Phi) is 3.85. The van der Waals surface area contributed by atoms with E-state index in [-0.39, 0.29) is 0 Å². The van der Waals surface area contributed by atoms with E-state index in [1.807, 2.05) is 37.3 Å². The molecule has 3 aromatic rings. The van der Waals surface area contributed by atoms with Gasteiger partial charge in [-0.1, -0.05) is 6.07 Å². The van der Waals surface area contributed by atoms with Gasteiger partial charge in [-0.2, -0.15) is 0 Å². The second-order valence-corrected chi connectivity index (χ2v) is 5.27. The highest BCUT2D eigenvalue weighted by molar-refractivity contribution is 5.92. The van der Waals surface area contributed by atoms with E-state index in [1.54, 1.807) is 19.5 Å². The van der Waals surface area contributed by atoms with Crippen LogP contribution in [0.25, 0.3) is 22.3 Å². The second-order valence-electron chi connectivity index (χ2n) is 5.27. The standard InChI is InChI=1S/C18H17N3O2/c1-11-8-20-16(10-22)18(11)14-7-12(3-5-15(14)19)13-4-6-17(23-2)21-9-13/h3-10,20H,19H2,1-2H3. The largest absolute Gasteiger partial charge is 0.481 e. The summed E-state index contributed by atoms with van der Waals surface area (Å²) in [6.45, 7) is 1.94. The predicted molar refractivity (Wildman–Crippen MR) is 90.5 cm³/mol. The van der Waals surface area contributed by atoms with Crippen LogP contribution in [0.4, 0.5) is 5.69 Å². The van der Waals surface area contributed by atoms with Gasteiger partial charge >= 0.3 is 0 Å². The predicted octanol–water partition coefficient (Wildman–Crippen LogP) is 3.46. The lowest BCUT2D eigenvalue weighted by Gasteiger charge is -2.10. The van der Waals surface area contributed by atoms with Gasteiger partial charge in [-0.15, -0.1) is 0 Å². The number of nitrogens with zero attached hydrogens (tertiary/aromatic N) is 1. The molecule has 5 heteroatoms. The number of carbonyl (C=O) groups is 1. The SMILES string of the molecule is COc1ccc(-c2ccc(N)c(-c3c(C)c[nH]c3C=O)c2)cn1. The zero-order chi connectivity index (χ0) is 16.4. The first-order valence-corrected chi connectivity index (χ1v) is 7.17. The van der Waals surface area contributed by atoms with E-state index >= 15 is 0 Å². The van der Waals surface area contributed by atoms with Crippen LogP contribution >= 0.6 is 0 Å². The average molecular weight is 307 g/mol. The van der Waals surface area contributed by atoms with E-state index in [4.69, 9.17) is 10.5 Å². The number of aldehydes is 1. The minimum absolute atomic E-state index is 0.527. The van der Waals surface area contributed by atoms with Gasteiger partial charge < -0.3 is 15.5 Å². The summed E-state index contributed by atoms with van der Waals surface area (Å²) in [7, 11) is 1.58. The quantitative estimate of drug-likeness (QED) is 0.571. The third-order valence-electron chi connectivity index (χ3n) is 3.83. The molecule has 0 atom stereocenters. The number of pyridine rings is 1. The van der Waals surface area contributed by atoms with Gasteiger partial charge in [-0.3, -0.25) is 4.79 Å². The molecule has 0 spiro atoms. The number of nitrogens with one attached hydrogen (secondary N) is 1. The third-order valence-corrected chi connectivity index (χ3v) is 3.83. The van der Waals surface area contributed by atoms with E-state index in [1.165, 1.54) is 0 Å². The molecule has 0 aliphatic rings. The first kappa shape index (κ1) is 14.8. The number of nitrogen functional groups attached to an aromatic ring is 1. The summed E-state index contributed by atoms with van der Waals surface area (Å²) < 4.78 is 5.08. The van der Waals surface area contributed by atoms with Crippen LogP contribution in [0.1, 0.15) is 16.1 Å². The van der Waals surface area contributed by atoms with Crippen LogP contribution in [0.2, 0.25) is 0 Å². The van der Waals surface area contributed by atoms with Crippen molar-refractivity contribution in [3.05, 3.63) is 54.0 Å². The van der Waals surface area contributed by atoms with E-state index in [0.717, 1.165) is 34.1 Å². The Labute approximate surface area is 134 Å². The topological polar surface area (TPSA) is 81.0 Å².